The molecule has 180 valence electrons. The van der Waals surface area contributed by atoms with Crippen LogP contribution in [0.2, 0.25) is 0 Å². The Morgan fingerprint density at radius 1 is 1.29 bits per heavy atom. The quantitative estimate of drug-likeness (QED) is 0.302. The van der Waals surface area contributed by atoms with Crippen LogP contribution in [0.1, 0.15) is 30.9 Å². The highest BCUT2D eigenvalue weighted by Crippen LogP contribution is 2.36. The van der Waals surface area contributed by atoms with Crippen molar-refractivity contribution in [1.29, 1.82) is 0 Å². The Hall–Kier alpha value is -2.49. The van der Waals surface area contributed by atoms with Gasteiger partial charge in [0.15, 0.2) is 0 Å². The molecule has 4 heterocycles. The normalized spacial score (nSPS) is 18.3. The van der Waals surface area contributed by atoms with Crippen molar-refractivity contribution in [2.45, 2.75) is 32.9 Å². The Morgan fingerprint density at radius 2 is 2.09 bits per heavy atom. The first-order chi connectivity index (χ1) is 16.9. The van der Waals surface area contributed by atoms with Crippen LogP contribution in [0.15, 0.2) is 58.3 Å². The van der Waals surface area contributed by atoms with Crippen molar-refractivity contribution in [3.63, 3.8) is 0 Å². The van der Waals surface area contributed by atoms with Crippen LogP contribution < -0.4 is 0 Å². The number of likely N-dealkylation sites (tertiary alicyclic amines) is 1. The summed E-state index contributed by atoms with van der Waals surface area (Å²) in [5.41, 5.74) is 2.78. The molecular formula is C26H25BrN4O2S2. The molecule has 0 radical (unpaired) electrons. The second kappa shape index (κ2) is 10.2. The van der Waals surface area contributed by atoms with Gasteiger partial charge in [-0.05, 0) is 54.7 Å². The zero-order valence-electron chi connectivity index (χ0n) is 19.3. The molecule has 2 fully saturated rings. The molecule has 5 rings (SSSR count). The monoisotopic (exact) mass is 568 g/mol. The number of thiocarbonyl (C=S) groups is 1. The number of carbonyl (C=O) groups excluding carboxylic acids is 2. The summed E-state index contributed by atoms with van der Waals surface area (Å²) in [4.78, 5) is 34.5. The van der Waals surface area contributed by atoms with E-state index in [1.807, 2.05) is 52.1 Å². The third-order valence-corrected chi connectivity index (χ3v) is 8.41. The predicted molar refractivity (Wildman–Crippen MR) is 148 cm³/mol. The number of hydrogen-bond acceptors (Lipinski definition) is 5. The van der Waals surface area contributed by atoms with E-state index in [1.54, 1.807) is 17.3 Å². The number of carbonyl (C=O) groups is 2. The summed E-state index contributed by atoms with van der Waals surface area (Å²) in [6.45, 7) is 4.55. The molecule has 0 bridgehead atoms. The molecule has 0 unspecified atom stereocenters. The van der Waals surface area contributed by atoms with E-state index in [-0.39, 0.29) is 18.4 Å². The minimum Gasteiger partial charge on any atom is -0.341 e. The van der Waals surface area contributed by atoms with Crippen molar-refractivity contribution >= 4 is 73.0 Å². The summed E-state index contributed by atoms with van der Waals surface area (Å²) in [6, 6.07) is 9.79. The van der Waals surface area contributed by atoms with Gasteiger partial charge in [-0.25, -0.2) is 0 Å². The summed E-state index contributed by atoms with van der Waals surface area (Å²) in [7, 11) is 0. The maximum atomic E-state index is 13.2. The van der Waals surface area contributed by atoms with Gasteiger partial charge in [0.25, 0.3) is 5.91 Å². The van der Waals surface area contributed by atoms with E-state index < -0.39 is 0 Å². The largest absolute Gasteiger partial charge is 0.341 e. The van der Waals surface area contributed by atoms with Gasteiger partial charge in [0.1, 0.15) is 10.9 Å². The molecule has 0 N–H and O–H groups in total. The van der Waals surface area contributed by atoms with Gasteiger partial charge in [0.05, 0.1) is 11.4 Å². The summed E-state index contributed by atoms with van der Waals surface area (Å²) < 4.78 is 3.46. The van der Waals surface area contributed by atoms with Crippen molar-refractivity contribution in [2.75, 3.05) is 13.1 Å². The van der Waals surface area contributed by atoms with E-state index in [1.165, 1.54) is 11.8 Å². The van der Waals surface area contributed by atoms with E-state index >= 15 is 0 Å². The number of pyridine rings is 1. The second-order valence-electron chi connectivity index (χ2n) is 9.07. The summed E-state index contributed by atoms with van der Waals surface area (Å²) in [5, 5.41) is 0.983. The van der Waals surface area contributed by atoms with Crippen molar-refractivity contribution < 1.29 is 9.59 Å². The number of aromatic nitrogens is 2. The third kappa shape index (κ3) is 5.22. The average Bonchev–Trinajstić information content (AvgIpc) is 3.31. The van der Waals surface area contributed by atoms with Crippen LogP contribution in [0.3, 0.4) is 0 Å². The van der Waals surface area contributed by atoms with Gasteiger partial charge in [-0.15, -0.1) is 0 Å². The second-order valence-corrected chi connectivity index (χ2v) is 11.7. The first kappa shape index (κ1) is 24.2. The fourth-order valence-electron chi connectivity index (χ4n) is 4.50. The van der Waals surface area contributed by atoms with Gasteiger partial charge < -0.3 is 9.47 Å². The molecule has 0 aliphatic carbocycles. The van der Waals surface area contributed by atoms with Gasteiger partial charge in [-0.2, -0.15) is 0 Å². The summed E-state index contributed by atoms with van der Waals surface area (Å²) in [6.07, 6.45) is 9.41. The summed E-state index contributed by atoms with van der Waals surface area (Å²) in [5.74, 6) is 0.691. The number of amides is 2. The number of benzene rings is 1. The lowest BCUT2D eigenvalue weighted by atomic mass is 9.99. The number of halogens is 1. The topological polar surface area (TPSA) is 58.4 Å². The Kier molecular flexibility index (Phi) is 7.09. The van der Waals surface area contributed by atoms with Crippen LogP contribution >= 0.6 is 39.9 Å². The van der Waals surface area contributed by atoms with E-state index in [0.717, 1.165) is 52.4 Å². The molecule has 35 heavy (non-hydrogen) atoms. The van der Waals surface area contributed by atoms with E-state index in [2.05, 4.69) is 27.8 Å². The molecule has 6 nitrogen and oxygen atoms in total. The molecule has 3 aromatic rings. The summed E-state index contributed by atoms with van der Waals surface area (Å²) >= 11 is 10.4. The average molecular weight is 570 g/mol. The van der Waals surface area contributed by atoms with Crippen molar-refractivity contribution in [2.24, 2.45) is 5.92 Å². The van der Waals surface area contributed by atoms with Gasteiger partial charge in [-0.1, -0.05) is 52.9 Å². The molecule has 2 amide bonds. The Labute approximate surface area is 222 Å². The van der Waals surface area contributed by atoms with E-state index in [4.69, 9.17) is 12.2 Å². The van der Waals surface area contributed by atoms with Crippen LogP contribution in [-0.4, -0.2) is 48.6 Å². The minimum absolute atomic E-state index is 0.113. The molecule has 0 atom stereocenters. The zero-order chi connectivity index (χ0) is 24.5. The van der Waals surface area contributed by atoms with Gasteiger partial charge >= 0.3 is 0 Å². The molecule has 0 saturated carbocycles. The molecule has 2 aromatic heterocycles. The number of piperidine rings is 1. The standard InChI is InChI=1S/C26H25BrN4O2S2/c1-17-6-9-29(10-7-17)24(32)16-30-15-19(21-12-20(27)4-5-22(21)30)11-23-25(33)31(26(34)35-23)14-18-3-2-8-28-13-18/h2-5,8,11-13,15,17H,6-7,9-10,14,16H2,1H3/b23-11-. The predicted octanol–water partition coefficient (Wildman–Crippen LogP) is 5.46. The van der Waals surface area contributed by atoms with Gasteiger partial charge in [0, 0.05) is 52.6 Å². The number of thioether (sulfide) groups is 1. The van der Waals surface area contributed by atoms with Crippen LogP contribution in [-0.2, 0) is 22.7 Å². The highest BCUT2D eigenvalue weighted by Gasteiger charge is 2.32. The smallest absolute Gasteiger partial charge is 0.266 e. The number of hydrogen-bond donors (Lipinski definition) is 0. The van der Waals surface area contributed by atoms with Crippen LogP contribution in [0.5, 0.6) is 0 Å². The van der Waals surface area contributed by atoms with Crippen molar-refractivity contribution in [1.82, 2.24) is 19.4 Å². The molecular weight excluding hydrogens is 544 g/mol. The number of fused-ring (bicyclic) bond motifs is 1. The zero-order valence-corrected chi connectivity index (χ0v) is 22.5. The Balaban J connectivity index is 1.42. The highest BCUT2D eigenvalue weighted by molar-refractivity contribution is 9.10. The lowest BCUT2D eigenvalue weighted by Crippen LogP contribution is -2.39. The fourth-order valence-corrected chi connectivity index (χ4v) is 6.11. The number of rotatable bonds is 5. The van der Waals surface area contributed by atoms with Crippen LogP contribution in [0, 0.1) is 5.92 Å². The fraction of sp³-hybridized carbons (Fsp3) is 0.308. The lowest BCUT2D eigenvalue weighted by Gasteiger charge is -2.30. The Bertz CT molecular complexity index is 1330. The maximum absolute atomic E-state index is 13.2. The van der Waals surface area contributed by atoms with E-state index in [0.29, 0.717) is 21.7 Å². The molecule has 2 saturated heterocycles. The number of nitrogens with zero attached hydrogens (tertiary/aromatic N) is 4. The molecule has 9 heteroatoms. The first-order valence-corrected chi connectivity index (χ1v) is 13.6. The molecule has 2 aliphatic heterocycles. The molecule has 2 aliphatic rings. The highest BCUT2D eigenvalue weighted by atomic mass is 79.9. The maximum Gasteiger partial charge on any atom is 0.266 e. The first-order valence-electron chi connectivity index (χ1n) is 11.6. The van der Waals surface area contributed by atoms with Gasteiger partial charge in [0.2, 0.25) is 5.91 Å². The Morgan fingerprint density at radius 3 is 2.83 bits per heavy atom. The molecule has 1 aromatic carbocycles. The third-order valence-electron chi connectivity index (χ3n) is 6.54. The van der Waals surface area contributed by atoms with Crippen molar-refractivity contribution in [3.05, 3.63) is 69.4 Å². The minimum atomic E-state index is -0.113. The molecule has 0 spiro atoms. The van der Waals surface area contributed by atoms with Gasteiger partial charge in [-0.3, -0.25) is 19.5 Å². The van der Waals surface area contributed by atoms with E-state index in [9.17, 15) is 9.59 Å². The van der Waals surface area contributed by atoms with Crippen LogP contribution in [0.4, 0.5) is 0 Å². The van der Waals surface area contributed by atoms with Crippen LogP contribution in [0.25, 0.3) is 17.0 Å². The lowest BCUT2D eigenvalue weighted by molar-refractivity contribution is -0.133. The van der Waals surface area contributed by atoms with Crippen molar-refractivity contribution in [3.8, 4) is 0 Å². The SMILES string of the molecule is CC1CCN(C(=O)Cn2cc(/C=C3\SC(=S)N(Cc4cccnc4)C3=O)c3cc(Br)ccc32)CC1.